The van der Waals surface area contributed by atoms with E-state index in [1.807, 2.05) is 6.07 Å². The molecule has 0 saturated carbocycles. The Morgan fingerprint density at radius 2 is 1.97 bits per heavy atom. The summed E-state index contributed by atoms with van der Waals surface area (Å²) in [5.41, 5.74) is 2.54. The standard InChI is InChI=1S/C21H31F3N4O.HI/c1-16-5-3-4-6-18(16)20(8-11-29-12-9-20)14-26-19(25-2)27-17-7-10-28(13-17)15-21(22,23)24;/h3-6,17H,7-15H2,1-2H3,(H2,25,26,27);1H. The van der Waals surface area contributed by atoms with E-state index in [0.29, 0.717) is 32.0 Å². The number of benzene rings is 1. The second kappa shape index (κ2) is 11.0. The molecule has 0 amide bonds. The number of halogens is 4. The summed E-state index contributed by atoms with van der Waals surface area (Å²) in [6.45, 7) is 4.24. The fourth-order valence-electron chi connectivity index (χ4n) is 4.46. The van der Waals surface area contributed by atoms with Gasteiger partial charge in [-0.3, -0.25) is 9.89 Å². The molecule has 2 N–H and O–H groups in total. The minimum absolute atomic E-state index is 0. The van der Waals surface area contributed by atoms with Crippen molar-refractivity contribution in [1.29, 1.82) is 0 Å². The molecule has 0 aromatic heterocycles. The largest absolute Gasteiger partial charge is 0.401 e. The molecule has 0 radical (unpaired) electrons. The summed E-state index contributed by atoms with van der Waals surface area (Å²) < 4.78 is 43.5. The third-order valence-corrected chi connectivity index (χ3v) is 6.00. The normalized spacial score (nSPS) is 22.4. The van der Waals surface area contributed by atoms with Crippen LogP contribution in [0.2, 0.25) is 0 Å². The fourth-order valence-corrected chi connectivity index (χ4v) is 4.46. The number of nitrogens with zero attached hydrogens (tertiary/aromatic N) is 2. The van der Waals surface area contributed by atoms with E-state index in [1.165, 1.54) is 16.0 Å². The molecule has 170 valence electrons. The Morgan fingerprint density at radius 3 is 2.60 bits per heavy atom. The number of ether oxygens (including phenoxy) is 1. The molecule has 0 spiro atoms. The van der Waals surface area contributed by atoms with Crippen LogP contribution in [0.5, 0.6) is 0 Å². The van der Waals surface area contributed by atoms with Gasteiger partial charge < -0.3 is 15.4 Å². The van der Waals surface area contributed by atoms with E-state index in [2.05, 4.69) is 40.7 Å². The summed E-state index contributed by atoms with van der Waals surface area (Å²) in [5, 5.41) is 6.74. The molecule has 3 rings (SSSR count). The number of nitrogens with one attached hydrogen (secondary N) is 2. The SMILES string of the molecule is CN=C(NCC1(c2ccccc2C)CCOCC1)NC1CCN(CC(F)(F)F)C1.I. The molecule has 2 saturated heterocycles. The quantitative estimate of drug-likeness (QED) is 0.342. The van der Waals surface area contributed by atoms with Crippen molar-refractivity contribution in [2.75, 3.05) is 46.4 Å². The Kier molecular flexibility index (Phi) is 9.23. The summed E-state index contributed by atoms with van der Waals surface area (Å²) in [5.74, 6) is 0.642. The minimum Gasteiger partial charge on any atom is -0.381 e. The Labute approximate surface area is 193 Å². The van der Waals surface area contributed by atoms with Crippen LogP contribution < -0.4 is 10.6 Å². The molecule has 30 heavy (non-hydrogen) atoms. The van der Waals surface area contributed by atoms with Crippen LogP contribution in [0.25, 0.3) is 0 Å². The van der Waals surface area contributed by atoms with E-state index >= 15 is 0 Å². The number of alkyl halides is 3. The van der Waals surface area contributed by atoms with Crippen LogP contribution in [-0.4, -0.2) is 69.5 Å². The highest BCUT2D eigenvalue weighted by molar-refractivity contribution is 14.0. The molecule has 2 aliphatic rings. The van der Waals surface area contributed by atoms with Gasteiger partial charge in [0, 0.05) is 51.4 Å². The lowest BCUT2D eigenvalue weighted by molar-refractivity contribution is -0.143. The Bertz CT molecular complexity index is 708. The van der Waals surface area contributed by atoms with Crippen molar-refractivity contribution in [3.63, 3.8) is 0 Å². The number of hydrogen-bond acceptors (Lipinski definition) is 3. The average molecular weight is 540 g/mol. The second-order valence-corrected chi connectivity index (χ2v) is 8.11. The van der Waals surface area contributed by atoms with E-state index in [-0.39, 0.29) is 35.4 Å². The summed E-state index contributed by atoms with van der Waals surface area (Å²) in [7, 11) is 1.70. The van der Waals surface area contributed by atoms with Gasteiger partial charge in [0.1, 0.15) is 0 Å². The van der Waals surface area contributed by atoms with Crippen molar-refractivity contribution in [1.82, 2.24) is 15.5 Å². The fraction of sp³-hybridized carbons (Fsp3) is 0.667. The van der Waals surface area contributed by atoms with Crippen molar-refractivity contribution in [3.05, 3.63) is 35.4 Å². The minimum atomic E-state index is -4.15. The van der Waals surface area contributed by atoms with Gasteiger partial charge in [0.05, 0.1) is 6.54 Å². The van der Waals surface area contributed by atoms with Crippen LogP contribution in [0.1, 0.15) is 30.4 Å². The maximum atomic E-state index is 12.6. The van der Waals surface area contributed by atoms with Gasteiger partial charge in [0.15, 0.2) is 5.96 Å². The molecule has 2 heterocycles. The molecule has 1 atom stereocenters. The van der Waals surface area contributed by atoms with Crippen LogP contribution in [-0.2, 0) is 10.2 Å². The van der Waals surface area contributed by atoms with E-state index < -0.39 is 12.7 Å². The molecule has 1 aromatic carbocycles. The maximum Gasteiger partial charge on any atom is 0.401 e. The molecule has 1 unspecified atom stereocenters. The lowest BCUT2D eigenvalue weighted by Gasteiger charge is -2.39. The molecule has 1 aromatic rings. The molecule has 2 fully saturated rings. The second-order valence-electron chi connectivity index (χ2n) is 8.11. The number of aryl methyl sites for hydroxylation is 1. The van der Waals surface area contributed by atoms with Gasteiger partial charge in [-0.25, -0.2) is 0 Å². The van der Waals surface area contributed by atoms with Crippen molar-refractivity contribution >= 4 is 29.9 Å². The smallest absolute Gasteiger partial charge is 0.381 e. The molecule has 9 heteroatoms. The first-order valence-electron chi connectivity index (χ1n) is 10.2. The first-order valence-corrected chi connectivity index (χ1v) is 10.2. The Morgan fingerprint density at radius 1 is 1.27 bits per heavy atom. The van der Waals surface area contributed by atoms with Crippen LogP contribution in [0.15, 0.2) is 29.3 Å². The number of likely N-dealkylation sites (tertiary alicyclic amines) is 1. The van der Waals surface area contributed by atoms with Crippen LogP contribution in [0, 0.1) is 6.92 Å². The molecular formula is C21H32F3IN4O. The monoisotopic (exact) mass is 540 g/mol. The molecule has 0 bridgehead atoms. The van der Waals surface area contributed by atoms with Gasteiger partial charge in [-0.1, -0.05) is 24.3 Å². The number of aliphatic imine (C=N–C) groups is 1. The van der Waals surface area contributed by atoms with E-state index in [9.17, 15) is 13.2 Å². The maximum absolute atomic E-state index is 12.6. The van der Waals surface area contributed by atoms with Crippen LogP contribution in [0.4, 0.5) is 13.2 Å². The number of rotatable bonds is 5. The van der Waals surface area contributed by atoms with Crippen LogP contribution in [0.3, 0.4) is 0 Å². The summed E-state index contributed by atoms with van der Waals surface area (Å²) in [4.78, 5) is 5.75. The predicted octanol–water partition coefficient (Wildman–Crippen LogP) is 3.46. The van der Waals surface area contributed by atoms with E-state index in [4.69, 9.17) is 4.74 Å². The van der Waals surface area contributed by atoms with Crippen molar-refractivity contribution in [3.8, 4) is 0 Å². The zero-order valence-electron chi connectivity index (χ0n) is 17.6. The first-order chi connectivity index (χ1) is 13.8. The molecule has 5 nitrogen and oxygen atoms in total. The highest BCUT2D eigenvalue weighted by atomic mass is 127. The summed E-state index contributed by atoms with van der Waals surface area (Å²) in [6, 6.07) is 8.40. The highest BCUT2D eigenvalue weighted by Gasteiger charge is 2.37. The van der Waals surface area contributed by atoms with Gasteiger partial charge in [-0.2, -0.15) is 13.2 Å². The van der Waals surface area contributed by atoms with Gasteiger partial charge in [0.2, 0.25) is 0 Å². The lowest BCUT2D eigenvalue weighted by atomic mass is 9.72. The number of hydrogen-bond donors (Lipinski definition) is 2. The summed E-state index contributed by atoms with van der Waals surface area (Å²) >= 11 is 0. The average Bonchev–Trinajstić information content (AvgIpc) is 3.11. The Balaban J connectivity index is 0.00000320. The van der Waals surface area contributed by atoms with Gasteiger partial charge in [0.25, 0.3) is 0 Å². The van der Waals surface area contributed by atoms with Gasteiger partial charge >= 0.3 is 6.18 Å². The van der Waals surface area contributed by atoms with Gasteiger partial charge in [-0.15, -0.1) is 24.0 Å². The van der Waals surface area contributed by atoms with Crippen molar-refractivity contribution in [2.45, 2.75) is 43.8 Å². The third kappa shape index (κ3) is 6.71. The molecule has 2 aliphatic heterocycles. The van der Waals surface area contributed by atoms with Crippen LogP contribution >= 0.6 is 24.0 Å². The van der Waals surface area contributed by atoms with E-state index in [0.717, 1.165) is 26.1 Å². The molecule has 0 aliphatic carbocycles. The highest BCUT2D eigenvalue weighted by Crippen LogP contribution is 2.36. The zero-order valence-corrected chi connectivity index (χ0v) is 19.9. The predicted molar refractivity (Wildman–Crippen MR) is 124 cm³/mol. The van der Waals surface area contributed by atoms with Gasteiger partial charge in [-0.05, 0) is 37.3 Å². The lowest BCUT2D eigenvalue weighted by Crippen LogP contribution is -2.51. The first kappa shape index (κ1) is 25.2. The molecular weight excluding hydrogens is 508 g/mol. The summed E-state index contributed by atoms with van der Waals surface area (Å²) in [6.07, 6.45) is -1.64. The number of guanidine groups is 1. The van der Waals surface area contributed by atoms with Crippen molar-refractivity contribution in [2.24, 2.45) is 4.99 Å². The van der Waals surface area contributed by atoms with E-state index in [1.54, 1.807) is 7.05 Å². The zero-order chi connectivity index (χ0) is 20.9. The third-order valence-electron chi connectivity index (χ3n) is 6.00. The van der Waals surface area contributed by atoms with Crippen molar-refractivity contribution < 1.29 is 17.9 Å². The topological polar surface area (TPSA) is 48.9 Å². The Hall–Kier alpha value is -1.07.